The SMILES string of the molecule is c1ccc2c(c1)[C@H]1CCCCCC[C@]13OCCO[C@H]23. The largest absolute Gasteiger partial charge is 0.369 e. The van der Waals surface area contributed by atoms with Crippen molar-refractivity contribution in [2.24, 2.45) is 0 Å². The lowest BCUT2D eigenvalue weighted by molar-refractivity contribution is -0.213. The minimum absolute atomic E-state index is 0.0532. The van der Waals surface area contributed by atoms with Crippen molar-refractivity contribution in [3.63, 3.8) is 0 Å². The average Bonchev–Trinajstić information content (AvgIpc) is 2.70. The zero-order valence-electron chi connectivity index (χ0n) is 11.4. The molecule has 1 aromatic carbocycles. The normalized spacial score (nSPS) is 37.7. The van der Waals surface area contributed by atoms with Crippen LogP contribution in [0.5, 0.6) is 0 Å². The van der Waals surface area contributed by atoms with Crippen molar-refractivity contribution in [1.29, 1.82) is 0 Å². The zero-order valence-corrected chi connectivity index (χ0v) is 11.4. The van der Waals surface area contributed by atoms with Crippen molar-refractivity contribution < 1.29 is 9.47 Å². The number of fused-ring (bicyclic) bond motifs is 3. The van der Waals surface area contributed by atoms with E-state index in [2.05, 4.69) is 24.3 Å². The van der Waals surface area contributed by atoms with Crippen LogP contribution >= 0.6 is 0 Å². The van der Waals surface area contributed by atoms with Gasteiger partial charge in [-0.25, -0.2) is 0 Å². The Morgan fingerprint density at radius 3 is 2.74 bits per heavy atom. The quantitative estimate of drug-likeness (QED) is 0.701. The molecule has 0 bridgehead atoms. The molecular formula is C17H22O2. The third-order valence-corrected chi connectivity index (χ3v) is 5.24. The summed E-state index contributed by atoms with van der Waals surface area (Å²) >= 11 is 0. The van der Waals surface area contributed by atoms with Gasteiger partial charge in [-0.1, -0.05) is 49.9 Å². The lowest BCUT2D eigenvalue weighted by atomic mass is 9.77. The summed E-state index contributed by atoms with van der Waals surface area (Å²) in [7, 11) is 0. The van der Waals surface area contributed by atoms with Gasteiger partial charge >= 0.3 is 0 Å². The highest BCUT2D eigenvalue weighted by Gasteiger charge is 2.55. The molecule has 0 radical (unpaired) electrons. The van der Waals surface area contributed by atoms with Gasteiger partial charge < -0.3 is 9.47 Å². The molecule has 2 heteroatoms. The van der Waals surface area contributed by atoms with Crippen LogP contribution in [0.2, 0.25) is 0 Å². The minimum Gasteiger partial charge on any atom is -0.369 e. The van der Waals surface area contributed by atoms with Crippen LogP contribution in [0.4, 0.5) is 0 Å². The molecule has 19 heavy (non-hydrogen) atoms. The van der Waals surface area contributed by atoms with E-state index < -0.39 is 0 Å². The first kappa shape index (κ1) is 11.9. The van der Waals surface area contributed by atoms with Crippen molar-refractivity contribution in [1.82, 2.24) is 0 Å². The highest BCUT2D eigenvalue weighted by molar-refractivity contribution is 5.43. The third-order valence-electron chi connectivity index (χ3n) is 5.24. The summed E-state index contributed by atoms with van der Waals surface area (Å²) in [4.78, 5) is 0. The van der Waals surface area contributed by atoms with Gasteiger partial charge in [0.25, 0.3) is 0 Å². The molecule has 1 saturated heterocycles. The van der Waals surface area contributed by atoms with E-state index in [1.165, 1.54) is 43.2 Å². The van der Waals surface area contributed by atoms with Crippen molar-refractivity contribution >= 4 is 0 Å². The summed E-state index contributed by atoms with van der Waals surface area (Å²) < 4.78 is 12.5. The Morgan fingerprint density at radius 1 is 0.947 bits per heavy atom. The molecule has 3 aliphatic rings. The first-order valence-electron chi connectivity index (χ1n) is 7.76. The van der Waals surface area contributed by atoms with Gasteiger partial charge in [0.1, 0.15) is 11.7 Å². The first-order chi connectivity index (χ1) is 9.42. The van der Waals surface area contributed by atoms with E-state index in [1.54, 1.807) is 0 Å². The Balaban J connectivity index is 1.82. The molecule has 2 fully saturated rings. The molecule has 2 nitrogen and oxygen atoms in total. The monoisotopic (exact) mass is 258 g/mol. The Hall–Kier alpha value is -0.860. The van der Waals surface area contributed by atoms with Gasteiger partial charge in [-0.3, -0.25) is 0 Å². The molecule has 1 saturated carbocycles. The second-order valence-corrected chi connectivity index (χ2v) is 6.19. The van der Waals surface area contributed by atoms with Crippen LogP contribution in [0.1, 0.15) is 61.7 Å². The molecule has 1 spiro atoms. The number of ether oxygens (including phenoxy) is 2. The van der Waals surface area contributed by atoms with Gasteiger partial charge in [0.2, 0.25) is 0 Å². The molecule has 3 atom stereocenters. The summed E-state index contributed by atoms with van der Waals surface area (Å²) in [5, 5.41) is 0. The highest BCUT2D eigenvalue weighted by Crippen LogP contribution is 2.58. The Kier molecular flexibility index (Phi) is 2.89. The van der Waals surface area contributed by atoms with Crippen LogP contribution in [0.15, 0.2) is 24.3 Å². The first-order valence-corrected chi connectivity index (χ1v) is 7.76. The van der Waals surface area contributed by atoms with Gasteiger partial charge in [-0.2, -0.15) is 0 Å². The molecule has 1 aliphatic heterocycles. The second-order valence-electron chi connectivity index (χ2n) is 6.19. The fourth-order valence-electron chi connectivity index (χ4n) is 4.46. The summed E-state index contributed by atoms with van der Waals surface area (Å²) in [5.74, 6) is 0.550. The molecule has 0 amide bonds. The fraction of sp³-hybridized carbons (Fsp3) is 0.647. The smallest absolute Gasteiger partial charge is 0.112 e. The van der Waals surface area contributed by atoms with Gasteiger partial charge in [0.05, 0.1) is 13.2 Å². The van der Waals surface area contributed by atoms with Crippen LogP contribution in [-0.2, 0) is 9.47 Å². The Labute approximate surface area is 115 Å². The van der Waals surface area contributed by atoms with E-state index in [4.69, 9.17) is 9.47 Å². The van der Waals surface area contributed by atoms with Crippen LogP contribution in [-0.4, -0.2) is 18.8 Å². The summed E-state index contributed by atoms with van der Waals surface area (Å²) in [6.45, 7) is 1.51. The lowest BCUT2D eigenvalue weighted by Crippen LogP contribution is -2.46. The van der Waals surface area contributed by atoms with Gasteiger partial charge in [0, 0.05) is 5.92 Å². The summed E-state index contributed by atoms with van der Waals surface area (Å²) in [6.07, 6.45) is 7.94. The molecule has 102 valence electrons. The van der Waals surface area contributed by atoms with E-state index in [1.807, 2.05) is 0 Å². The maximum atomic E-state index is 6.39. The third kappa shape index (κ3) is 1.70. The van der Waals surface area contributed by atoms with Crippen molar-refractivity contribution in [3.8, 4) is 0 Å². The molecule has 1 aromatic rings. The maximum Gasteiger partial charge on any atom is 0.112 e. The van der Waals surface area contributed by atoms with Gasteiger partial charge in [0.15, 0.2) is 0 Å². The molecule has 1 heterocycles. The molecule has 0 unspecified atom stereocenters. The van der Waals surface area contributed by atoms with Gasteiger partial charge in [-0.15, -0.1) is 0 Å². The molecule has 0 N–H and O–H groups in total. The number of benzene rings is 1. The predicted molar refractivity (Wildman–Crippen MR) is 74.3 cm³/mol. The van der Waals surface area contributed by atoms with E-state index in [-0.39, 0.29) is 11.7 Å². The fourth-order valence-corrected chi connectivity index (χ4v) is 4.46. The van der Waals surface area contributed by atoms with Crippen molar-refractivity contribution in [2.75, 3.05) is 13.2 Å². The molecule has 0 aromatic heterocycles. The second kappa shape index (κ2) is 4.60. The molecule has 2 aliphatic carbocycles. The maximum absolute atomic E-state index is 6.39. The summed E-state index contributed by atoms with van der Waals surface area (Å²) in [6, 6.07) is 8.86. The molecule has 4 rings (SSSR count). The van der Waals surface area contributed by atoms with E-state index >= 15 is 0 Å². The van der Waals surface area contributed by atoms with Gasteiger partial charge in [-0.05, 0) is 24.0 Å². The lowest BCUT2D eigenvalue weighted by Gasteiger charge is -2.44. The topological polar surface area (TPSA) is 18.5 Å². The Bertz CT molecular complexity index is 470. The number of hydrogen-bond donors (Lipinski definition) is 0. The minimum atomic E-state index is -0.0532. The van der Waals surface area contributed by atoms with E-state index in [0.29, 0.717) is 5.92 Å². The standard InChI is InChI=1S/C17H22O2/c1-2-6-10-17-15(9-3-1)13-7-4-5-8-14(13)16(17)18-11-12-19-17/h4-5,7-8,15-16H,1-3,6,9-12H2/t15-,16-,17+/m1/s1. The number of hydrogen-bond acceptors (Lipinski definition) is 2. The highest BCUT2D eigenvalue weighted by atomic mass is 16.6. The van der Waals surface area contributed by atoms with E-state index in [0.717, 1.165) is 19.6 Å². The predicted octanol–water partition coefficient (Wildman–Crippen LogP) is 3.96. The molecular weight excluding hydrogens is 236 g/mol. The van der Waals surface area contributed by atoms with Crippen LogP contribution in [0, 0.1) is 0 Å². The van der Waals surface area contributed by atoms with Crippen LogP contribution in [0.3, 0.4) is 0 Å². The average molecular weight is 258 g/mol. The van der Waals surface area contributed by atoms with Crippen LogP contribution < -0.4 is 0 Å². The van der Waals surface area contributed by atoms with Crippen molar-refractivity contribution in [3.05, 3.63) is 35.4 Å². The Morgan fingerprint density at radius 2 is 1.79 bits per heavy atom. The number of rotatable bonds is 0. The summed E-state index contributed by atoms with van der Waals surface area (Å²) in [5.41, 5.74) is 2.84. The zero-order chi connectivity index (χ0) is 12.7. The van der Waals surface area contributed by atoms with E-state index in [9.17, 15) is 0 Å². The van der Waals surface area contributed by atoms with Crippen LogP contribution in [0.25, 0.3) is 0 Å². The van der Waals surface area contributed by atoms with Crippen molar-refractivity contribution in [2.45, 2.75) is 56.1 Å².